The van der Waals surface area contributed by atoms with Gasteiger partial charge in [0.1, 0.15) is 0 Å². The molecule has 1 aromatic rings. The van der Waals surface area contributed by atoms with E-state index in [4.69, 9.17) is 29.6 Å². The van der Waals surface area contributed by atoms with Crippen molar-refractivity contribution in [1.29, 1.82) is 0 Å². The van der Waals surface area contributed by atoms with Gasteiger partial charge in [0.15, 0.2) is 0 Å². The first-order valence-corrected chi connectivity index (χ1v) is 7.81. The number of hydrogen-bond donors (Lipinski definition) is 1. The fraction of sp³-hybridized carbons (Fsp3) is 0.467. The number of carbonyl (C=O) groups is 1. The lowest BCUT2D eigenvalue weighted by atomic mass is 10.1. The van der Waals surface area contributed by atoms with E-state index in [0.29, 0.717) is 29.5 Å². The molecule has 1 atom stereocenters. The Morgan fingerprint density at radius 1 is 1.38 bits per heavy atom. The third kappa shape index (κ3) is 4.40. The molecule has 1 heterocycles. The van der Waals surface area contributed by atoms with E-state index in [2.05, 4.69) is 4.90 Å². The average molecular weight is 326 g/mol. The van der Waals surface area contributed by atoms with Gasteiger partial charge >= 0.3 is 0 Å². The molecule has 6 heteroatoms. The van der Waals surface area contributed by atoms with Crippen LogP contribution in [0.25, 0.3) is 0 Å². The summed E-state index contributed by atoms with van der Waals surface area (Å²) in [7, 11) is 0. The number of hydrogen-bond acceptors (Lipinski definition) is 3. The van der Waals surface area contributed by atoms with Crippen molar-refractivity contribution in [1.82, 2.24) is 9.80 Å². The molecule has 0 saturated carbocycles. The number of nitrogens with two attached hydrogens (primary N) is 1. The van der Waals surface area contributed by atoms with Crippen LogP contribution in [0.15, 0.2) is 24.3 Å². The Labute approximate surface area is 135 Å². The zero-order chi connectivity index (χ0) is 15.4. The number of thiocarbonyl (C=S) groups is 1. The van der Waals surface area contributed by atoms with Crippen LogP contribution in [0.4, 0.5) is 0 Å². The summed E-state index contributed by atoms with van der Waals surface area (Å²) in [6, 6.07) is 7.53. The van der Waals surface area contributed by atoms with E-state index in [9.17, 15) is 4.79 Å². The van der Waals surface area contributed by atoms with Gasteiger partial charge in [-0.1, -0.05) is 36.0 Å². The second-order valence-corrected chi connectivity index (χ2v) is 6.21. The van der Waals surface area contributed by atoms with Crippen molar-refractivity contribution >= 4 is 34.7 Å². The second-order valence-electron chi connectivity index (χ2n) is 5.30. The number of carbonyl (C=O) groups excluding carboxylic acids is 1. The first kappa shape index (κ1) is 16.2. The molecule has 114 valence electrons. The van der Waals surface area contributed by atoms with Crippen LogP contribution < -0.4 is 5.73 Å². The number of benzene rings is 1. The van der Waals surface area contributed by atoms with Crippen LogP contribution in [-0.2, 0) is 11.2 Å². The van der Waals surface area contributed by atoms with Crippen molar-refractivity contribution in [3.8, 4) is 0 Å². The summed E-state index contributed by atoms with van der Waals surface area (Å²) >= 11 is 11.0. The van der Waals surface area contributed by atoms with Gasteiger partial charge in [0.25, 0.3) is 0 Å². The first-order valence-electron chi connectivity index (χ1n) is 7.03. The molecule has 0 bridgehead atoms. The fourth-order valence-electron chi connectivity index (χ4n) is 2.47. The Morgan fingerprint density at radius 3 is 2.62 bits per heavy atom. The van der Waals surface area contributed by atoms with Crippen LogP contribution >= 0.6 is 23.8 Å². The molecule has 1 unspecified atom stereocenters. The van der Waals surface area contributed by atoms with Crippen LogP contribution in [0.5, 0.6) is 0 Å². The number of rotatable bonds is 4. The van der Waals surface area contributed by atoms with E-state index < -0.39 is 0 Å². The Hall–Kier alpha value is -1.17. The maximum Gasteiger partial charge on any atom is 0.227 e. The van der Waals surface area contributed by atoms with Gasteiger partial charge in [0.05, 0.1) is 17.5 Å². The SMILES string of the molecule is CC(C(N)=S)N1CCN(C(=O)Cc2cccc(Cl)c2)CC1. The quantitative estimate of drug-likeness (QED) is 0.856. The molecule has 21 heavy (non-hydrogen) atoms. The highest BCUT2D eigenvalue weighted by Gasteiger charge is 2.24. The molecular formula is C15H20ClN3OS. The Kier molecular flexibility index (Phi) is 5.56. The number of nitrogens with zero attached hydrogens (tertiary/aromatic N) is 2. The summed E-state index contributed by atoms with van der Waals surface area (Å²) in [5.41, 5.74) is 6.62. The van der Waals surface area contributed by atoms with Gasteiger partial charge in [0, 0.05) is 31.2 Å². The molecule has 0 spiro atoms. The smallest absolute Gasteiger partial charge is 0.227 e. The second kappa shape index (κ2) is 7.20. The first-order chi connectivity index (χ1) is 9.97. The largest absolute Gasteiger partial charge is 0.392 e. The minimum absolute atomic E-state index is 0.0881. The van der Waals surface area contributed by atoms with E-state index in [0.717, 1.165) is 18.7 Å². The predicted molar refractivity (Wildman–Crippen MR) is 89.6 cm³/mol. The van der Waals surface area contributed by atoms with Gasteiger partial charge in [-0.3, -0.25) is 9.69 Å². The van der Waals surface area contributed by atoms with Crippen LogP contribution in [0.2, 0.25) is 5.02 Å². The fourth-order valence-corrected chi connectivity index (χ4v) is 2.83. The van der Waals surface area contributed by atoms with Gasteiger partial charge in [-0.2, -0.15) is 0 Å². The van der Waals surface area contributed by atoms with Gasteiger partial charge in [0.2, 0.25) is 5.91 Å². The van der Waals surface area contributed by atoms with Crippen LogP contribution in [0.1, 0.15) is 12.5 Å². The van der Waals surface area contributed by atoms with Gasteiger partial charge in [-0.15, -0.1) is 0 Å². The van der Waals surface area contributed by atoms with Gasteiger partial charge in [-0.05, 0) is 24.6 Å². The van der Waals surface area contributed by atoms with E-state index in [1.54, 1.807) is 0 Å². The van der Waals surface area contributed by atoms with Crippen molar-refractivity contribution in [2.45, 2.75) is 19.4 Å². The van der Waals surface area contributed by atoms with E-state index in [-0.39, 0.29) is 11.9 Å². The minimum Gasteiger partial charge on any atom is -0.392 e. The number of amides is 1. The summed E-state index contributed by atoms with van der Waals surface area (Å²) in [6.45, 7) is 5.05. The van der Waals surface area contributed by atoms with E-state index in [1.807, 2.05) is 36.1 Å². The molecule has 4 nitrogen and oxygen atoms in total. The van der Waals surface area contributed by atoms with Crippen molar-refractivity contribution in [3.05, 3.63) is 34.9 Å². The molecule has 1 amide bonds. The molecule has 2 rings (SSSR count). The molecule has 0 radical (unpaired) electrons. The summed E-state index contributed by atoms with van der Waals surface area (Å²) in [5.74, 6) is 0.139. The Balaban J connectivity index is 1.87. The molecule has 1 fully saturated rings. The lowest BCUT2D eigenvalue weighted by Crippen LogP contribution is -2.54. The Morgan fingerprint density at radius 2 is 2.05 bits per heavy atom. The highest BCUT2D eigenvalue weighted by Crippen LogP contribution is 2.13. The lowest BCUT2D eigenvalue weighted by molar-refractivity contribution is -0.132. The topological polar surface area (TPSA) is 49.6 Å². The van der Waals surface area contributed by atoms with Gasteiger partial charge < -0.3 is 10.6 Å². The average Bonchev–Trinajstić information content (AvgIpc) is 2.46. The Bertz CT molecular complexity index is 529. The van der Waals surface area contributed by atoms with Crippen LogP contribution in [0, 0.1) is 0 Å². The molecule has 0 aromatic heterocycles. The maximum atomic E-state index is 12.3. The lowest BCUT2D eigenvalue weighted by Gasteiger charge is -2.37. The normalized spacial score (nSPS) is 17.5. The third-order valence-corrected chi connectivity index (χ3v) is 4.45. The van der Waals surface area contributed by atoms with Crippen molar-refractivity contribution in [3.63, 3.8) is 0 Å². The summed E-state index contributed by atoms with van der Waals surface area (Å²) in [4.78, 5) is 16.9. The third-order valence-electron chi connectivity index (χ3n) is 3.87. The minimum atomic E-state index is 0.0881. The maximum absolute atomic E-state index is 12.3. The predicted octanol–water partition coefficient (Wildman–Crippen LogP) is 1.70. The molecule has 1 aliphatic heterocycles. The standard InChI is InChI=1S/C15H20ClN3OS/c1-11(15(17)21)18-5-7-19(8-6-18)14(20)10-12-3-2-4-13(16)9-12/h2-4,9,11H,5-8,10H2,1H3,(H2,17,21). The highest BCUT2D eigenvalue weighted by molar-refractivity contribution is 7.80. The van der Waals surface area contributed by atoms with E-state index in [1.165, 1.54) is 0 Å². The summed E-state index contributed by atoms with van der Waals surface area (Å²) in [5, 5.41) is 0.662. The van der Waals surface area contributed by atoms with Crippen molar-refractivity contribution < 1.29 is 4.79 Å². The zero-order valence-electron chi connectivity index (χ0n) is 12.1. The summed E-state index contributed by atoms with van der Waals surface area (Å²) < 4.78 is 0. The molecule has 0 aliphatic carbocycles. The highest BCUT2D eigenvalue weighted by atomic mass is 35.5. The van der Waals surface area contributed by atoms with Crippen molar-refractivity contribution in [2.24, 2.45) is 5.73 Å². The number of piperazine rings is 1. The molecule has 2 N–H and O–H groups in total. The van der Waals surface area contributed by atoms with Crippen LogP contribution in [-0.4, -0.2) is 52.9 Å². The molecule has 1 aromatic carbocycles. The van der Waals surface area contributed by atoms with Crippen molar-refractivity contribution in [2.75, 3.05) is 26.2 Å². The molecule has 1 saturated heterocycles. The monoisotopic (exact) mass is 325 g/mol. The number of halogens is 1. The molecular weight excluding hydrogens is 306 g/mol. The zero-order valence-corrected chi connectivity index (χ0v) is 13.7. The summed E-state index contributed by atoms with van der Waals surface area (Å²) in [6.07, 6.45) is 0.394. The van der Waals surface area contributed by atoms with Gasteiger partial charge in [-0.25, -0.2) is 0 Å². The molecule has 1 aliphatic rings. The van der Waals surface area contributed by atoms with Crippen LogP contribution in [0.3, 0.4) is 0 Å². The van der Waals surface area contributed by atoms with E-state index >= 15 is 0 Å².